The number of carbonyl (C=O) groups is 1. The fraction of sp³-hybridized carbons (Fsp3) is 0.533. The summed E-state index contributed by atoms with van der Waals surface area (Å²) in [6.07, 6.45) is 0. The molecule has 0 aliphatic carbocycles. The Labute approximate surface area is 115 Å². The molecule has 0 aliphatic heterocycles. The van der Waals surface area contributed by atoms with Crippen LogP contribution in [0.25, 0.3) is 0 Å². The summed E-state index contributed by atoms with van der Waals surface area (Å²) in [4.78, 5) is 15.9. The van der Waals surface area contributed by atoms with Crippen LogP contribution >= 0.6 is 0 Å². The fourth-order valence-corrected chi connectivity index (χ4v) is 2.04. The summed E-state index contributed by atoms with van der Waals surface area (Å²) in [5, 5.41) is 0. The summed E-state index contributed by atoms with van der Waals surface area (Å²) < 4.78 is 13.1. The van der Waals surface area contributed by atoms with Crippen molar-refractivity contribution in [1.29, 1.82) is 0 Å². The largest absolute Gasteiger partial charge is 0.342 e. The minimum absolute atomic E-state index is 0.128. The summed E-state index contributed by atoms with van der Waals surface area (Å²) in [6.45, 7) is 9.17. The van der Waals surface area contributed by atoms with Gasteiger partial charge in [0.2, 0.25) is 5.91 Å². The second-order valence-corrected chi connectivity index (χ2v) is 4.50. The second kappa shape index (κ2) is 7.89. The zero-order valence-corrected chi connectivity index (χ0v) is 12.0. The van der Waals surface area contributed by atoms with Gasteiger partial charge in [-0.25, -0.2) is 4.39 Å². The van der Waals surface area contributed by atoms with E-state index in [1.165, 1.54) is 12.1 Å². The SMILES string of the molecule is CCN(CC(=O)N(CC)CC)Cc1cccc(F)c1. The Morgan fingerprint density at radius 3 is 2.37 bits per heavy atom. The van der Waals surface area contributed by atoms with Crippen LogP contribution in [0.1, 0.15) is 26.3 Å². The van der Waals surface area contributed by atoms with Crippen molar-refractivity contribution in [3.63, 3.8) is 0 Å². The monoisotopic (exact) mass is 266 g/mol. The first-order chi connectivity index (χ1) is 9.10. The summed E-state index contributed by atoms with van der Waals surface area (Å²) in [5.41, 5.74) is 0.897. The van der Waals surface area contributed by atoms with Crippen molar-refractivity contribution >= 4 is 5.91 Å². The minimum Gasteiger partial charge on any atom is -0.342 e. The molecule has 1 amide bonds. The summed E-state index contributed by atoms with van der Waals surface area (Å²) in [7, 11) is 0. The summed E-state index contributed by atoms with van der Waals surface area (Å²) >= 11 is 0. The number of carbonyl (C=O) groups excluding carboxylic acids is 1. The van der Waals surface area contributed by atoms with Crippen molar-refractivity contribution in [2.24, 2.45) is 0 Å². The van der Waals surface area contributed by atoms with E-state index in [-0.39, 0.29) is 11.7 Å². The Morgan fingerprint density at radius 2 is 1.84 bits per heavy atom. The normalized spacial score (nSPS) is 10.8. The Balaban J connectivity index is 2.61. The van der Waals surface area contributed by atoms with E-state index in [1.807, 2.05) is 36.6 Å². The number of nitrogens with zero attached hydrogens (tertiary/aromatic N) is 2. The third-order valence-electron chi connectivity index (χ3n) is 3.22. The van der Waals surface area contributed by atoms with Gasteiger partial charge < -0.3 is 4.90 Å². The number of hydrogen-bond donors (Lipinski definition) is 0. The van der Waals surface area contributed by atoms with Crippen molar-refractivity contribution in [3.05, 3.63) is 35.6 Å². The molecule has 0 fully saturated rings. The van der Waals surface area contributed by atoms with Crippen LogP contribution in [-0.4, -0.2) is 41.9 Å². The molecule has 0 radical (unpaired) electrons. The highest BCUT2D eigenvalue weighted by Gasteiger charge is 2.14. The van der Waals surface area contributed by atoms with E-state index >= 15 is 0 Å². The lowest BCUT2D eigenvalue weighted by molar-refractivity contribution is -0.132. The third kappa shape index (κ3) is 4.99. The smallest absolute Gasteiger partial charge is 0.236 e. The van der Waals surface area contributed by atoms with Crippen LogP contribution in [0.4, 0.5) is 4.39 Å². The molecule has 1 aromatic rings. The highest BCUT2D eigenvalue weighted by Crippen LogP contribution is 2.07. The van der Waals surface area contributed by atoms with Gasteiger partial charge in [0.25, 0.3) is 0 Å². The number of halogens is 1. The maximum absolute atomic E-state index is 13.1. The number of likely N-dealkylation sites (N-methyl/N-ethyl adjacent to an activating group) is 2. The molecule has 0 saturated carbocycles. The maximum Gasteiger partial charge on any atom is 0.236 e. The molecule has 0 N–H and O–H groups in total. The molecular formula is C15H23FN2O. The molecule has 0 aliphatic rings. The van der Waals surface area contributed by atoms with Gasteiger partial charge in [0.05, 0.1) is 6.54 Å². The van der Waals surface area contributed by atoms with E-state index in [4.69, 9.17) is 0 Å². The van der Waals surface area contributed by atoms with Crippen molar-refractivity contribution < 1.29 is 9.18 Å². The first-order valence-electron chi connectivity index (χ1n) is 6.85. The molecule has 0 atom stereocenters. The van der Waals surface area contributed by atoms with Crippen molar-refractivity contribution in [3.8, 4) is 0 Å². The average Bonchev–Trinajstić information content (AvgIpc) is 2.39. The predicted octanol–water partition coefficient (Wildman–Crippen LogP) is 2.52. The van der Waals surface area contributed by atoms with E-state index in [0.29, 0.717) is 13.1 Å². The van der Waals surface area contributed by atoms with E-state index < -0.39 is 0 Å². The van der Waals surface area contributed by atoms with E-state index in [1.54, 1.807) is 6.07 Å². The first-order valence-corrected chi connectivity index (χ1v) is 6.85. The fourth-order valence-electron chi connectivity index (χ4n) is 2.04. The third-order valence-corrected chi connectivity index (χ3v) is 3.22. The molecule has 0 saturated heterocycles. The van der Waals surface area contributed by atoms with Crippen LogP contribution < -0.4 is 0 Å². The molecule has 3 nitrogen and oxygen atoms in total. The molecule has 0 heterocycles. The second-order valence-electron chi connectivity index (χ2n) is 4.50. The van der Waals surface area contributed by atoms with Crippen molar-refractivity contribution in [1.82, 2.24) is 9.80 Å². The molecule has 106 valence electrons. The van der Waals surface area contributed by atoms with Crippen molar-refractivity contribution in [2.75, 3.05) is 26.2 Å². The molecule has 19 heavy (non-hydrogen) atoms. The van der Waals surface area contributed by atoms with E-state index in [0.717, 1.165) is 25.2 Å². The van der Waals surface area contributed by atoms with Crippen LogP contribution in [0, 0.1) is 5.82 Å². The number of hydrogen-bond acceptors (Lipinski definition) is 2. The average molecular weight is 266 g/mol. The van der Waals surface area contributed by atoms with Gasteiger partial charge in [-0.1, -0.05) is 19.1 Å². The van der Waals surface area contributed by atoms with Crippen molar-refractivity contribution in [2.45, 2.75) is 27.3 Å². The number of benzene rings is 1. The highest BCUT2D eigenvalue weighted by molar-refractivity contribution is 5.78. The molecule has 0 bridgehead atoms. The van der Waals surface area contributed by atoms with Crippen LogP contribution in [0.15, 0.2) is 24.3 Å². The molecule has 0 aromatic heterocycles. The van der Waals surface area contributed by atoms with Crippen LogP contribution in [0.3, 0.4) is 0 Å². The van der Waals surface area contributed by atoms with E-state index in [2.05, 4.69) is 0 Å². The summed E-state index contributed by atoms with van der Waals surface area (Å²) in [5.74, 6) is -0.105. The standard InChI is InChI=1S/C15H23FN2O/c1-4-17(12-15(19)18(5-2)6-3)11-13-8-7-9-14(16)10-13/h7-10H,4-6,11-12H2,1-3H3. The van der Waals surface area contributed by atoms with Gasteiger partial charge in [0.1, 0.15) is 5.82 Å². The Kier molecular flexibility index (Phi) is 6.50. The topological polar surface area (TPSA) is 23.6 Å². The Bertz CT molecular complexity index is 405. The molecule has 1 aromatic carbocycles. The van der Waals surface area contributed by atoms with Crippen LogP contribution in [0.2, 0.25) is 0 Å². The highest BCUT2D eigenvalue weighted by atomic mass is 19.1. The zero-order valence-electron chi connectivity index (χ0n) is 12.0. The molecule has 4 heteroatoms. The number of rotatable bonds is 7. The lowest BCUT2D eigenvalue weighted by Crippen LogP contribution is -2.39. The van der Waals surface area contributed by atoms with Gasteiger partial charge in [0.15, 0.2) is 0 Å². The first kappa shape index (κ1) is 15.6. The lowest BCUT2D eigenvalue weighted by atomic mass is 10.2. The van der Waals surface area contributed by atoms with Gasteiger partial charge in [-0.15, -0.1) is 0 Å². The number of amides is 1. The molecular weight excluding hydrogens is 243 g/mol. The summed E-state index contributed by atoms with van der Waals surface area (Å²) in [6, 6.07) is 6.53. The van der Waals surface area contributed by atoms with Crippen LogP contribution in [-0.2, 0) is 11.3 Å². The Hall–Kier alpha value is -1.42. The Morgan fingerprint density at radius 1 is 1.16 bits per heavy atom. The minimum atomic E-state index is -0.233. The predicted molar refractivity (Wildman–Crippen MR) is 75.3 cm³/mol. The zero-order chi connectivity index (χ0) is 14.3. The molecule has 0 unspecified atom stereocenters. The van der Waals surface area contributed by atoms with E-state index in [9.17, 15) is 9.18 Å². The lowest BCUT2D eigenvalue weighted by Gasteiger charge is -2.25. The molecule has 1 rings (SSSR count). The van der Waals surface area contributed by atoms with Gasteiger partial charge in [-0.2, -0.15) is 0 Å². The van der Waals surface area contributed by atoms with Crippen LogP contribution in [0.5, 0.6) is 0 Å². The van der Waals surface area contributed by atoms with Gasteiger partial charge in [-0.3, -0.25) is 9.69 Å². The van der Waals surface area contributed by atoms with Gasteiger partial charge in [0, 0.05) is 19.6 Å². The molecule has 0 spiro atoms. The van der Waals surface area contributed by atoms with Gasteiger partial charge >= 0.3 is 0 Å². The maximum atomic E-state index is 13.1. The quantitative estimate of drug-likeness (QED) is 0.757. The van der Waals surface area contributed by atoms with Gasteiger partial charge in [-0.05, 0) is 38.1 Å².